The summed E-state index contributed by atoms with van der Waals surface area (Å²) in [5.74, 6) is 0. The van der Waals surface area contributed by atoms with Gasteiger partial charge in [-0.1, -0.05) is 18.9 Å². The van der Waals surface area contributed by atoms with E-state index in [-0.39, 0.29) is 6.04 Å². The lowest BCUT2D eigenvalue weighted by Gasteiger charge is -2.39. The first-order valence-corrected chi connectivity index (χ1v) is 7.20. The lowest BCUT2D eigenvalue weighted by atomic mass is 9.67. The molecule has 0 saturated heterocycles. The molecule has 1 saturated carbocycles. The van der Waals surface area contributed by atoms with Crippen LogP contribution in [-0.2, 0) is 5.41 Å². The summed E-state index contributed by atoms with van der Waals surface area (Å²) >= 11 is 0. The monoisotopic (exact) mass is 244 g/mol. The number of anilines is 1. The Morgan fingerprint density at radius 2 is 1.89 bits per heavy atom. The predicted octanol–water partition coefficient (Wildman–Crippen LogP) is 3.36. The van der Waals surface area contributed by atoms with Gasteiger partial charge in [-0.2, -0.15) is 0 Å². The molecule has 0 heterocycles. The normalized spacial score (nSPS) is 25.2. The minimum atomic E-state index is 0.252. The average Bonchev–Trinajstić information content (AvgIpc) is 2.84. The third kappa shape index (κ3) is 1.74. The van der Waals surface area contributed by atoms with Crippen molar-refractivity contribution in [1.29, 1.82) is 0 Å². The van der Waals surface area contributed by atoms with E-state index in [0.29, 0.717) is 5.41 Å². The first-order chi connectivity index (χ1) is 8.62. The van der Waals surface area contributed by atoms with E-state index in [1.165, 1.54) is 43.4 Å². The highest BCUT2D eigenvalue weighted by Gasteiger charge is 2.41. The van der Waals surface area contributed by atoms with Gasteiger partial charge in [0, 0.05) is 25.8 Å². The molecule has 1 unspecified atom stereocenters. The van der Waals surface area contributed by atoms with Gasteiger partial charge in [-0.05, 0) is 54.4 Å². The highest BCUT2D eigenvalue weighted by atomic mass is 15.1. The van der Waals surface area contributed by atoms with Gasteiger partial charge in [0.2, 0.25) is 0 Å². The van der Waals surface area contributed by atoms with Crippen LogP contribution in [0.2, 0.25) is 0 Å². The summed E-state index contributed by atoms with van der Waals surface area (Å²) in [6.45, 7) is 0. The molecule has 2 N–H and O–H groups in total. The van der Waals surface area contributed by atoms with Crippen LogP contribution in [0.1, 0.15) is 55.7 Å². The van der Waals surface area contributed by atoms with Crippen LogP contribution in [0, 0.1) is 0 Å². The van der Waals surface area contributed by atoms with Crippen LogP contribution < -0.4 is 10.6 Å². The molecular formula is C16H24N2. The van der Waals surface area contributed by atoms with Crippen LogP contribution in [0.25, 0.3) is 0 Å². The van der Waals surface area contributed by atoms with Crippen LogP contribution in [0.3, 0.4) is 0 Å². The number of rotatable bonds is 1. The molecule has 2 nitrogen and oxygen atoms in total. The standard InChI is InChI=1S/C16H24N2/c1-18(2)12-5-6-13-14(11-12)16(8-3-4-9-16)10-7-15(13)17/h5-6,11,15H,3-4,7-10,17H2,1-2H3. The Labute approximate surface area is 110 Å². The van der Waals surface area contributed by atoms with E-state index in [9.17, 15) is 0 Å². The van der Waals surface area contributed by atoms with E-state index < -0.39 is 0 Å². The number of hydrogen-bond acceptors (Lipinski definition) is 2. The largest absolute Gasteiger partial charge is 0.378 e. The quantitative estimate of drug-likeness (QED) is 0.821. The van der Waals surface area contributed by atoms with Crippen LogP contribution >= 0.6 is 0 Å². The van der Waals surface area contributed by atoms with E-state index in [2.05, 4.69) is 37.2 Å². The zero-order chi connectivity index (χ0) is 12.8. The van der Waals surface area contributed by atoms with Crippen LogP contribution in [0.4, 0.5) is 5.69 Å². The van der Waals surface area contributed by atoms with Crippen molar-refractivity contribution in [1.82, 2.24) is 0 Å². The van der Waals surface area contributed by atoms with Crippen LogP contribution in [0.15, 0.2) is 18.2 Å². The van der Waals surface area contributed by atoms with E-state index in [1.807, 2.05) is 0 Å². The van der Waals surface area contributed by atoms with Crippen molar-refractivity contribution in [2.75, 3.05) is 19.0 Å². The molecule has 2 heteroatoms. The Morgan fingerprint density at radius 3 is 2.56 bits per heavy atom. The maximum Gasteiger partial charge on any atom is 0.0364 e. The Balaban J connectivity index is 2.11. The molecule has 0 aromatic heterocycles. The third-order valence-electron chi connectivity index (χ3n) is 5.02. The van der Waals surface area contributed by atoms with Gasteiger partial charge in [0.25, 0.3) is 0 Å². The lowest BCUT2D eigenvalue weighted by molar-refractivity contribution is 0.344. The summed E-state index contributed by atoms with van der Waals surface area (Å²) in [7, 11) is 4.23. The fourth-order valence-corrected chi connectivity index (χ4v) is 3.90. The van der Waals surface area contributed by atoms with Gasteiger partial charge < -0.3 is 10.6 Å². The molecule has 0 amide bonds. The molecule has 2 aliphatic rings. The average molecular weight is 244 g/mol. The molecule has 18 heavy (non-hydrogen) atoms. The maximum atomic E-state index is 6.31. The molecule has 1 spiro atoms. The molecule has 0 radical (unpaired) electrons. The summed E-state index contributed by atoms with van der Waals surface area (Å²) in [4.78, 5) is 2.20. The number of nitrogens with two attached hydrogens (primary N) is 1. The SMILES string of the molecule is CN(C)c1ccc2c(c1)C1(CCCC1)CCC2N. The number of fused-ring (bicyclic) bond motifs is 2. The van der Waals surface area contributed by atoms with Gasteiger partial charge in [-0.3, -0.25) is 0 Å². The van der Waals surface area contributed by atoms with Crippen molar-refractivity contribution in [2.24, 2.45) is 5.73 Å². The molecule has 3 rings (SSSR count). The van der Waals surface area contributed by atoms with Crippen LogP contribution in [-0.4, -0.2) is 14.1 Å². The molecular weight excluding hydrogens is 220 g/mol. The second-order valence-corrected chi connectivity index (χ2v) is 6.30. The molecule has 1 fully saturated rings. The summed E-state index contributed by atoms with van der Waals surface area (Å²) in [5.41, 5.74) is 11.1. The Hall–Kier alpha value is -1.02. The lowest BCUT2D eigenvalue weighted by Crippen LogP contribution is -2.32. The van der Waals surface area contributed by atoms with Gasteiger partial charge in [-0.25, -0.2) is 0 Å². The van der Waals surface area contributed by atoms with Crippen molar-refractivity contribution in [3.8, 4) is 0 Å². The van der Waals surface area contributed by atoms with Gasteiger partial charge in [0.05, 0.1) is 0 Å². The fourth-order valence-electron chi connectivity index (χ4n) is 3.90. The second-order valence-electron chi connectivity index (χ2n) is 6.30. The zero-order valence-corrected chi connectivity index (χ0v) is 11.6. The van der Waals surface area contributed by atoms with E-state index in [0.717, 1.165) is 6.42 Å². The molecule has 1 atom stereocenters. The number of benzene rings is 1. The Kier molecular flexibility index (Phi) is 2.86. The van der Waals surface area contributed by atoms with Crippen molar-refractivity contribution in [3.05, 3.63) is 29.3 Å². The van der Waals surface area contributed by atoms with E-state index in [4.69, 9.17) is 5.73 Å². The zero-order valence-electron chi connectivity index (χ0n) is 11.6. The maximum absolute atomic E-state index is 6.31. The number of hydrogen-bond donors (Lipinski definition) is 1. The minimum Gasteiger partial charge on any atom is -0.378 e. The first-order valence-electron chi connectivity index (χ1n) is 7.20. The van der Waals surface area contributed by atoms with Crippen molar-refractivity contribution in [3.63, 3.8) is 0 Å². The van der Waals surface area contributed by atoms with Gasteiger partial charge in [0.15, 0.2) is 0 Å². The summed E-state index contributed by atoms with van der Waals surface area (Å²) in [6, 6.07) is 7.14. The van der Waals surface area contributed by atoms with Crippen molar-refractivity contribution < 1.29 is 0 Å². The Morgan fingerprint density at radius 1 is 1.17 bits per heavy atom. The molecule has 2 aliphatic carbocycles. The third-order valence-corrected chi connectivity index (χ3v) is 5.02. The van der Waals surface area contributed by atoms with E-state index >= 15 is 0 Å². The van der Waals surface area contributed by atoms with Crippen molar-refractivity contribution in [2.45, 2.75) is 50.0 Å². The van der Waals surface area contributed by atoms with E-state index in [1.54, 1.807) is 5.56 Å². The highest BCUT2D eigenvalue weighted by molar-refractivity contribution is 5.54. The van der Waals surface area contributed by atoms with Gasteiger partial charge >= 0.3 is 0 Å². The topological polar surface area (TPSA) is 29.3 Å². The predicted molar refractivity (Wildman–Crippen MR) is 77.1 cm³/mol. The molecule has 0 aliphatic heterocycles. The fraction of sp³-hybridized carbons (Fsp3) is 0.625. The van der Waals surface area contributed by atoms with Gasteiger partial charge in [0.1, 0.15) is 0 Å². The van der Waals surface area contributed by atoms with Crippen LogP contribution in [0.5, 0.6) is 0 Å². The highest BCUT2D eigenvalue weighted by Crippen LogP contribution is 2.51. The second kappa shape index (κ2) is 4.27. The smallest absolute Gasteiger partial charge is 0.0364 e. The molecule has 1 aromatic carbocycles. The van der Waals surface area contributed by atoms with Gasteiger partial charge in [-0.15, -0.1) is 0 Å². The number of nitrogens with zero attached hydrogens (tertiary/aromatic N) is 1. The first kappa shape index (κ1) is 12.0. The molecule has 98 valence electrons. The van der Waals surface area contributed by atoms with Crippen molar-refractivity contribution >= 4 is 5.69 Å². The minimum absolute atomic E-state index is 0.252. The molecule has 0 bridgehead atoms. The summed E-state index contributed by atoms with van der Waals surface area (Å²) in [5, 5.41) is 0. The Bertz CT molecular complexity index is 444. The summed E-state index contributed by atoms with van der Waals surface area (Å²) < 4.78 is 0. The molecule has 1 aromatic rings. The summed E-state index contributed by atoms with van der Waals surface area (Å²) in [6.07, 6.45) is 7.96.